The maximum atomic E-state index is 12.9. The Kier molecular flexibility index (Phi) is 7.53. The number of hydrogen-bond acceptors (Lipinski definition) is 14. The van der Waals surface area contributed by atoms with Crippen LogP contribution in [0.25, 0.3) is 11.2 Å². The Morgan fingerprint density at radius 1 is 1.05 bits per heavy atom. The number of rotatable bonds is 8. The summed E-state index contributed by atoms with van der Waals surface area (Å²) in [5.41, 5.74) is 9.84. The molecule has 10 N–H and O–H groups in total. The monoisotopic (exact) mass is 584 g/mol. The molecule has 0 radical (unpaired) electrons. The van der Waals surface area contributed by atoms with Gasteiger partial charge in [0.05, 0.1) is 31.1 Å². The maximum absolute atomic E-state index is 12.9. The number of phosphoric acid groups is 1. The number of aromatic nitrogens is 6. The predicted octanol–water partition coefficient (Wildman–Crippen LogP) is -2.76. The van der Waals surface area contributed by atoms with Crippen molar-refractivity contribution < 1.29 is 38.9 Å². The predicted molar refractivity (Wildman–Crippen MR) is 136 cm³/mol. The second-order valence-electron chi connectivity index (χ2n) is 9.93. The van der Waals surface area contributed by atoms with Crippen molar-refractivity contribution in [3.8, 4) is 0 Å². The zero-order valence-electron chi connectivity index (χ0n) is 20.8. The number of nitrogen functional groups attached to an aromatic ring is 2. The summed E-state index contributed by atoms with van der Waals surface area (Å²) in [4.78, 5) is 48.7. The smallest absolute Gasteiger partial charge is 0.396 e. The van der Waals surface area contributed by atoms with E-state index in [-0.39, 0.29) is 35.8 Å². The highest BCUT2D eigenvalue weighted by Gasteiger charge is 2.49. The summed E-state index contributed by atoms with van der Waals surface area (Å²) in [7, 11) is -4.88. The SMILES string of the molecule is Nc1ccn([C@@H]2C[C@H](COP(=O)(O)O[C@@H]3[C@@H](CO)C[C@@H](n4cnc5c(=O)[nH]c(N)nc54)[C@@H]3O)[C@@H](O)[C@H]2O)c(=O)n1. The molecule has 1 unspecified atom stereocenters. The Balaban J connectivity index is 1.28. The van der Waals surface area contributed by atoms with Gasteiger partial charge in [0.25, 0.3) is 5.56 Å². The minimum atomic E-state index is -4.88. The Morgan fingerprint density at radius 3 is 2.45 bits per heavy atom. The van der Waals surface area contributed by atoms with Crippen LogP contribution in [0.1, 0.15) is 24.9 Å². The fraction of sp³-hybridized carbons (Fsp3) is 0.571. The normalized spacial score (nSPS) is 32.0. The van der Waals surface area contributed by atoms with Gasteiger partial charge in [-0.3, -0.25) is 23.4 Å². The molecule has 0 aromatic carbocycles. The van der Waals surface area contributed by atoms with Crippen LogP contribution in [0.15, 0.2) is 28.2 Å². The number of nitrogens with one attached hydrogen (secondary N) is 1. The number of hydrogen-bond donors (Lipinski definition) is 8. The summed E-state index contributed by atoms with van der Waals surface area (Å²) in [6, 6.07) is -0.382. The third kappa shape index (κ3) is 5.15. The van der Waals surface area contributed by atoms with Crippen molar-refractivity contribution in [2.45, 2.75) is 49.3 Å². The van der Waals surface area contributed by atoms with Crippen LogP contribution in [-0.2, 0) is 13.6 Å². The Bertz CT molecular complexity index is 1560. The molecule has 5 rings (SSSR count). The fourth-order valence-corrected chi connectivity index (χ4v) is 6.51. The first kappa shape index (κ1) is 28.3. The summed E-state index contributed by atoms with van der Waals surface area (Å²) in [5.74, 6) is -1.87. The van der Waals surface area contributed by atoms with E-state index >= 15 is 0 Å². The van der Waals surface area contributed by atoms with Crippen molar-refractivity contribution in [3.05, 3.63) is 39.4 Å². The van der Waals surface area contributed by atoms with Gasteiger partial charge >= 0.3 is 13.5 Å². The van der Waals surface area contributed by atoms with E-state index in [1.807, 2.05) is 0 Å². The average molecular weight is 584 g/mol. The Morgan fingerprint density at radius 2 is 1.75 bits per heavy atom. The van der Waals surface area contributed by atoms with E-state index in [2.05, 4.69) is 19.9 Å². The largest absolute Gasteiger partial charge is 0.472 e. The summed E-state index contributed by atoms with van der Waals surface area (Å²) >= 11 is 0. The second-order valence-corrected chi connectivity index (χ2v) is 11.3. The van der Waals surface area contributed by atoms with Crippen molar-refractivity contribution >= 4 is 30.8 Å². The molecule has 2 aliphatic rings. The minimum absolute atomic E-state index is 0.00416. The van der Waals surface area contributed by atoms with Gasteiger partial charge in [-0.1, -0.05) is 0 Å². The average Bonchev–Trinajstić information content (AvgIpc) is 3.53. The lowest BCUT2D eigenvalue weighted by Crippen LogP contribution is -2.35. The standard InChI is InChI=1S/C21H29N8O10P/c22-12-1-2-28(21(35)25-12)10-4-9(14(31)15(10)32)6-38-40(36,37)39-17-8(5-30)3-11(16(17)33)29-7-24-13-18(29)26-20(23)27-19(13)34/h1-2,7-11,14-17,30-33H,3-6H2,(H,36,37)(H2,22,25,35)(H3,23,26,27,34)/t8-,9-,10-,11-,14-,15+,16+,17-/m1/s1. The van der Waals surface area contributed by atoms with Gasteiger partial charge in [0.1, 0.15) is 24.1 Å². The van der Waals surface area contributed by atoms with Crippen molar-refractivity contribution in [2.24, 2.45) is 11.8 Å². The van der Waals surface area contributed by atoms with E-state index < -0.39 is 80.6 Å². The van der Waals surface area contributed by atoms with Gasteiger partial charge in [0.2, 0.25) is 5.95 Å². The first-order valence-corrected chi connectivity index (χ1v) is 13.8. The Labute approximate surface area is 224 Å². The molecule has 0 aliphatic heterocycles. The van der Waals surface area contributed by atoms with E-state index in [1.54, 1.807) is 0 Å². The number of fused-ring (bicyclic) bond motifs is 1. The van der Waals surface area contributed by atoms with Crippen LogP contribution < -0.4 is 22.7 Å². The third-order valence-electron chi connectivity index (χ3n) is 7.47. The number of nitrogens with zero attached hydrogens (tertiary/aromatic N) is 5. The summed E-state index contributed by atoms with van der Waals surface area (Å²) in [6.45, 7) is -1.05. The van der Waals surface area contributed by atoms with Gasteiger partial charge in [-0.15, -0.1) is 0 Å². The molecular weight excluding hydrogens is 555 g/mol. The molecule has 2 saturated carbocycles. The molecule has 218 valence electrons. The van der Waals surface area contributed by atoms with Crippen molar-refractivity contribution in [1.29, 1.82) is 0 Å². The molecule has 3 heterocycles. The molecule has 0 amide bonds. The van der Waals surface area contributed by atoms with E-state index in [0.717, 1.165) is 4.57 Å². The molecule has 2 aliphatic carbocycles. The van der Waals surface area contributed by atoms with E-state index in [1.165, 1.54) is 23.2 Å². The first-order valence-electron chi connectivity index (χ1n) is 12.3. The van der Waals surface area contributed by atoms with Crippen LogP contribution in [0.5, 0.6) is 0 Å². The lowest BCUT2D eigenvalue weighted by atomic mass is 10.1. The van der Waals surface area contributed by atoms with Gasteiger partial charge in [-0.25, -0.2) is 14.3 Å². The molecule has 19 heteroatoms. The summed E-state index contributed by atoms with van der Waals surface area (Å²) < 4.78 is 25.7. The number of aliphatic hydroxyl groups is 4. The van der Waals surface area contributed by atoms with Gasteiger partial charge in [0.15, 0.2) is 11.2 Å². The number of phosphoric ester groups is 1. The molecule has 3 aromatic rings. The van der Waals surface area contributed by atoms with Crippen molar-refractivity contribution in [2.75, 3.05) is 24.7 Å². The summed E-state index contributed by atoms with van der Waals surface area (Å²) in [6.07, 6.45) is -2.96. The molecule has 0 saturated heterocycles. The minimum Gasteiger partial charge on any atom is -0.396 e. The molecule has 40 heavy (non-hydrogen) atoms. The van der Waals surface area contributed by atoms with Crippen LogP contribution in [0.2, 0.25) is 0 Å². The zero-order chi connectivity index (χ0) is 28.9. The highest BCUT2D eigenvalue weighted by molar-refractivity contribution is 7.47. The third-order valence-corrected chi connectivity index (χ3v) is 8.45. The maximum Gasteiger partial charge on any atom is 0.472 e. The van der Waals surface area contributed by atoms with Gasteiger partial charge < -0.3 is 41.4 Å². The van der Waals surface area contributed by atoms with Crippen molar-refractivity contribution in [3.63, 3.8) is 0 Å². The molecule has 3 aromatic heterocycles. The molecule has 9 atom stereocenters. The number of aliphatic hydroxyl groups excluding tert-OH is 4. The molecule has 2 fully saturated rings. The molecular formula is C21H29N8O10P. The van der Waals surface area contributed by atoms with Gasteiger partial charge in [0, 0.05) is 24.6 Å². The number of aromatic amines is 1. The lowest BCUT2D eigenvalue weighted by Gasteiger charge is -2.25. The Hall–Kier alpha value is -3.22. The number of imidazole rings is 1. The first-order chi connectivity index (χ1) is 18.9. The number of H-pyrrole nitrogens is 1. The van der Waals surface area contributed by atoms with E-state index in [0.29, 0.717) is 0 Å². The van der Waals surface area contributed by atoms with Crippen LogP contribution in [0.3, 0.4) is 0 Å². The van der Waals surface area contributed by atoms with Crippen LogP contribution >= 0.6 is 7.82 Å². The number of anilines is 2. The highest BCUT2D eigenvalue weighted by atomic mass is 31.2. The van der Waals surface area contributed by atoms with Crippen LogP contribution in [0, 0.1) is 11.8 Å². The van der Waals surface area contributed by atoms with Crippen LogP contribution in [0.4, 0.5) is 11.8 Å². The number of nitrogens with two attached hydrogens (primary N) is 2. The van der Waals surface area contributed by atoms with Gasteiger partial charge in [-0.2, -0.15) is 9.97 Å². The van der Waals surface area contributed by atoms with Crippen LogP contribution in [-0.4, -0.2) is 92.0 Å². The van der Waals surface area contributed by atoms with E-state index in [4.69, 9.17) is 20.5 Å². The highest BCUT2D eigenvalue weighted by Crippen LogP contribution is 2.51. The van der Waals surface area contributed by atoms with Gasteiger partial charge in [-0.05, 0) is 18.9 Å². The molecule has 0 bridgehead atoms. The quantitative estimate of drug-likeness (QED) is 0.124. The summed E-state index contributed by atoms with van der Waals surface area (Å²) in [5, 5.41) is 41.9. The lowest BCUT2D eigenvalue weighted by molar-refractivity contribution is -0.0230. The zero-order valence-corrected chi connectivity index (χ0v) is 21.7. The fourth-order valence-electron chi connectivity index (χ4n) is 5.46. The molecule has 18 nitrogen and oxygen atoms in total. The molecule has 0 spiro atoms. The second kappa shape index (κ2) is 10.6. The van der Waals surface area contributed by atoms with E-state index in [9.17, 15) is 39.5 Å². The topological polar surface area (TPSA) is 287 Å². The van der Waals surface area contributed by atoms with Crippen molar-refractivity contribution in [1.82, 2.24) is 29.1 Å².